The van der Waals surface area contributed by atoms with Crippen LogP contribution in [0, 0.1) is 0 Å². The van der Waals surface area contributed by atoms with Crippen molar-refractivity contribution in [2.24, 2.45) is 0 Å². The first kappa shape index (κ1) is 15.7. The number of anilines is 1. The van der Waals surface area contributed by atoms with Crippen molar-refractivity contribution in [1.29, 1.82) is 0 Å². The van der Waals surface area contributed by atoms with Gasteiger partial charge >= 0.3 is 0 Å². The Kier molecular flexibility index (Phi) is 4.86. The number of para-hydroxylation sites is 1. The third kappa shape index (κ3) is 3.78. The van der Waals surface area contributed by atoms with E-state index in [1.54, 1.807) is 11.0 Å². The molecule has 3 aromatic rings. The third-order valence-electron chi connectivity index (χ3n) is 3.55. The average Bonchev–Trinajstić information content (AvgIpc) is 3.15. The summed E-state index contributed by atoms with van der Waals surface area (Å²) in [4.78, 5) is 15.9. The summed E-state index contributed by atoms with van der Waals surface area (Å²) in [6.45, 7) is 2.03. The highest BCUT2D eigenvalue weighted by Gasteiger charge is 2.06. The summed E-state index contributed by atoms with van der Waals surface area (Å²) in [5.74, 6) is 0.547. The molecule has 0 radical (unpaired) electrons. The molecule has 3 rings (SSSR count). The molecule has 0 bridgehead atoms. The van der Waals surface area contributed by atoms with Gasteiger partial charge in [0.15, 0.2) is 6.61 Å². The quantitative estimate of drug-likeness (QED) is 0.757. The topological polar surface area (TPSA) is 69.0 Å². The molecule has 122 valence electrons. The molecule has 0 fully saturated rings. The first-order chi connectivity index (χ1) is 11.8. The van der Waals surface area contributed by atoms with Gasteiger partial charge in [-0.2, -0.15) is 5.10 Å². The highest BCUT2D eigenvalue weighted by atomic mass is 16.5. The molecule has 0 saturated heterocycles. The molecular formula is C18H18N4O2. The van der Waals surface area contributed by atoms with Crippen LogP contribution >= 0.6 is 0 Å². The maximum Gasteiger partial charge on any atom is 0.262 e. The summed E-state index contributed by atoms with van der Waals surface area (Å²) in [7, 11) is 0. The van der Waals surface area contributed by atoms with Crippen molar-refractivity contribution < 1.29 is 9.53 Å². The van der Waals surface area contributed by atoms with Gasteiger partial charge in [-0.1, -0.05) is 25.1 Å². The van der Waals surface area contributed by atoms with Gasteiger partial charge in [-0.3, -0.25) is 4.79 Å². The molecule has 6 nitrogen and oxygen atoms in total. The maximum absolute atomic E-state index is 12.0. The van der Waals surface area contributed by atoms with Crippen molar-refractivity contribution in [2.45, 2.75) is 13.3 Å². The van der Waals surface area contributed by atoms with Crippen LogP contribution in [0.3, 0.4) is 0 Å². The van der Waals surface area contributed by atoms with E-state index in [2.05, 4.69) is 22.3 Å². The van der Waals surface area contributed by atoms with Crippen molar-refractivity contribution in [3.05, 3.63) is 66.7 Å². The van der Waals surface area contributed by atoms with E-state index >= 15 is 0 Å². The van der Waals surface area contributed by atoms with Crippen LogP contribution in [0.2, 0.25) is 0 Å². The van der Waals surface area contributed by atoms with E-state index in [1.165, 1.54) is 6.33 Å². The SMILES string of the molecule is CCc1ccccc1OCC(=O)Nc1ccc(-n2cncn2)cc1. The number of hydrogen-bond donors (Lipinski definition) is 1. The van der Waals surface area contributed by atoms with E-state index in [0.29, 0.717) is 5.69 Å². The summed E-state index contributed by atoms with van der Waals surface area (Å²) in [5.41, 5.74) is 2.66. The Morgan fingerprint density at radius 2 is 1.96 bits per heavy atom. The number of nitrogens with one attached hydrogen (secondary N) is 1. The van der Waals surface area contributed by atoms with E-state index < -0.39 is 0 Å². The molecular weight excluding hydrogens is 304 g/mol. The second kappa shape index (κ2) is 7.41. The minimum atomic E-state index is -0.200. The molecule has 1 aromatic heterocycles. The summed E-state index contributed by atoms with van der Waals surface area (Å²) in [6.07, 6.45) is 3.95. The van der Waals surface area contributed by atoms with Crippen molar-refractivity contribution in [3.63, 3.8) is 0 Å². The normalized spacial score (nSPS) is 10.4. The number of aryl methyl sites for hydroxylation is 1. The van der Waals surface area contributed by atoms with Crippen LogP contribution in [0.1, 0.15) is 12.5 Å². The number of rotatable bonds is 6. The van der Waals surface area contributed by atoms with Gasteiger partial charge < -0.3 is 10.1 Å². The molecule has 0 aliphatic rings. The fourth-order valence-corrected chi connectivity index (χ4v) is 2.32. The fourth-order valence-electron chi connectivity index (χ4n) is 2.32. The van der Waals surface area contributed by atoms with Crippen LogP contribution in [-0.2, 0) is 11.2 Å². The van der Waals surface area contributed by atoms with E-state index in [-0.39, 0.29) is 12.5 Å². The molecule has 1 heterocycles. The van der Waals surface area contributed by atoms with Crippen molar-refractivity contribution in [1.82, 2.24) is 14.8 Å². The summed E-state index contributed by atoms with van der Waals surface area (Å²) >= 11 is 0. The van der Waals surface area contributed by atoms with Gasteiger partial charge in [0, 0.05) is 5.69 Å². The number of ether oxygens (including phenoxy) is 1. The second-order valence-electron chi connectivity index (χ2n) is 5.19. The molecule has 0 atom stereocenters. The third-order valence-corrected chi connectivity index (χ3v) is 3.55. The number of amides is 1. The Morgan fingerprint density at radius 1 is 1.17 bits per heavy atom. The van der Waals surface area contributed by atoms with Crippen LogP contribution in [-0.4, -0.2) is 27.3 Å². The van der Waals surface area contributed by atoms with Gasteiger partial charge in [-0.15, -0.1) is 0 Å². The Bertz CT molecular complexity index is 798. The predicted molar refractivity (Wildman–Crippen MR) is 91.3 cm³/mol. The maximum atomic E-state index is 12.0. The molecule has 1 amide bonds. The molecule has 0 saturated carbocycles. The predicted octanol–water partition coefficient (Wildman–Crippen LogP) is 2.85. The highest BCUT2D eigenvalue weighted by Crippen LogP contribution is 2.18. The number of hydrogen-bond acceptors (Lipinski definition) is 4. The van der Waals surface area contributed by atoms with Crippen LogP contribution in [0.25, 0.3) is 5.69 Å². The molecule has 0 aliphatic heterocycles. The van der Waals surface area contributed by atoms with Crippen molar-refractivity contribution >= 4 is 11.6 Å². The monoisotopic (exact) mass is 322 g/mol. The lowest BCUT2D eigenvalue weighted by atomic mass is 10.1. The molecule has 0 spiro atoms. The molecule has 0 unspecified atom stereocenters. The largest absolute Gasteiger partial charge is 0.483 e. The zero-order valence-electron chi connectivity index (χ0n) is 13.3. The first-order valence-electron chi connectivity index (χ1n) is 7.72. The van der Waals surface area contributed by atoms with Crippen LogP contribution in [0.5, 0.6) is 5.75 Å². The zero-order chi connectivity index (χ0) is 16.8. The van der Waals surface area contributed by atoms with E-state index in [4.69, 9.17) is 4.74 Å². The van der Waals surface area contributed by atoms with Gasteiger partial charge in [-0.05, 0) is 42.3 Å². The minimum Gasteiger partial charge on any atom is -0.483 e. The molecule has 1 N–H and O–H groups in total. The van der Waals surface area contributed by atoms with Gasteiger partial charge in [0.05, 0.1) is 5.69 Å². The standard InChI is InChI=1S/C18H18N4O2/c1-2-14-5-3-4-6-17(14)24-11-18(23)21-15-7-9-16(10-8-15)22-13-19-12-20-22/h3-10,12-13H,2,11H2,1H3,(H,21,23). The number of carbonyl (C=O) groups is 1. The van der Waals surface area contributed by atoms with Gasteiger partial charge in [-0.25, -0.2) is 9.67 Å². The summed E-state index contributed by atoms with van der Waals surface area (Å²) < 4.78 is 7.26. The smallest absolute Gasteiger partial charge is 0.262 e. The number of carbonyl (C=O) groups excluding carboxylic acids is 1. The van der Waals surface area contributed by atoms with Gasteiger partial charge in [0.1, 0.15) is 18.4 Å². The molecule has 2 aromatic carbocycles. The Balaban J connectivity index is 1.57. The van der Waals surface area contributed by atoms with Crippen LogP contribution < -0.4 is 10.1 Å². The molecule has 0 aliphatic carbocycles. The first-order valence-corrected chi connectivity index (χ1v) is 7.72. The Hall–Kier alpha value is -3.15. The average molecular weight is 322 g/mol. The fraction of sp³-hybridized carbons (Fsp3) is 0.167. The van der Waals surface area contributed by atoms with Gasteiger partial charge in [0.2, 0.25) is 0 Å². The Labute approximate surface area is 140 Å². The van der Waals surface area contributed by atoms with Crippen LogP contribution in [0.4, 0.5) is 5.69 Å². The van der Waals surface area contributed by atoms with Crippen molar-refractivity contribution in [2.75, 3.05) is 11.9 Å². The van der Waals surface area contributed by atoms with Crippen molar-refractivity contribution in [3.8, 4) is 11.4 Å². The van der Waals surface area contributed by atoms with E-state index in [0.717, 1.165) is 23.4 Å². The Morgan fingerprint density at radius 3 is 2.67 bits per heavy atom. The zero-order valence-corrected chi connectivity index (χ0v) is 13.3. The lowest BCUT2D eigenvalue weighted by Crippen LogP contribution is -2.20. The lowest BCUT2D eigenvalue weighted by molar-refractivity contribution is -0.118. The van der Waals surface area contributed by atoms with E-state index in [9.17, 15) is 4.79 Å². The summed E-state index contributed by atoms with van der Waals surface area (Å²) in [5, 5.41) is 6.87. The number of nitrogens with zero attached hydrogens (tertiary/aromatic N) is 3. The highest BCUT2D eigenvalue weighted by molar-refractivity contribution is 5.91. The second-order valence-corrected chi connectivity index (χ2v) is 5.19. The van der Waals surface area contributed by atoms with E-state index in [1.807, 2.05) is 48.5 Å². The molecule has 6 heteroatoms. The number of benzene rings is 2. The lowest BCUT2D eigenvalue weighted by Gasteiger charge is -2.10. The van der Waals surface area contributed by atoms with Crippen LogP contribution in [0.15, 0.2) is 61.2 Å². The number of aromatic nitrogens is 3. The summed E-state index contributed by atoms with van der Waals surface area (Å²) in [6, 6.07) is 15.1. The van der Waals surface area contributed by atoms with Gasteiger partial charge in [0.25, 0.3) is 5.91 Å². The molecule has 24 heavy (non-hydrogen) atoms. The minimum absolute atomic E-state index is 0.0260.